The number of aliphatic hydroxyl groups excluding tert-OH is 1. The lowest BCUT2D eigenvalue weighted by Crippen LogP contribution is -2.27. The summed E-state index contributed by atoms with van der Waals surface area (Å²) in [4.78, 5) is 11.2. The van der Waals surface area contributed by atoms with E-state index in [1.165, 1.54) is 0 Å². The molecule has 1 rings (SSSR count). The minimum Gasteiger partial charge on any atom is -0.393 e. The van der Waals surface area contributed by atoms with Crippen molar-refractivity contribution in [3.8, 4) is 0 Å². The molecular formula is C8H14O2S. The van der Waals surface area contributed by atoms with E-state index in [0.29, 0.717) is 11.5 Å². The molecule has 0 spiro atoms. The Kier molecular flexibility index (Phi) is 2.96. The van der Waals surface area contributed by atoms with Gasteiger partial charge in [-0.2, -0.15) is 11.8 Å². The van der Waals surface area contributed by atoms with Gasteiger partial charge in [-0.1, -0.05) is 6.92 Å². The Bertz CT molecular complexity index is 156. The van der Waals surface area contributed by atoms with Gasteiger partial charge < -0.3 is 5.11 Å². The topological polar surface area (TPSA) is 37.3 Å². The van der Waals surface area contributed by atoms with E-state index in [0.717, 1.165) is 5.75 Å². The summed E-state index contributed by atoms with van der Waals surface area (Å²) in [7, 11) is 0. The summed E-state index contributed by atoms with van der Waals surface area (Å²) in [6, 6.07) is 0. The van der Waals surface area contributed by atoms with Gasteiger partial charge in [0.05, 0.1) is 11.9 Å². The van der Waals surface area contributed by atoms with Gasteiger partial charge in [0.25, 0.3) is 0 Å². The molecule has 0 aromatic carbocycles. The van der Waals surface area contributed by atoms with Crippen LogP contribution >= 0.6 is 11.8 Å². The quantitative estimate of drug-likeness (QED) is 0.677. The Morgan fingerprint density at radius 3 is 2.64 bits per heavy atom. The molecule has 0 bridgehead atoms. The molecule has 64 valence electrons. The van der Waals surface area contributed by atoms with E-state index in [1.54, 1.807) is 18.7 Å². The smallest absolute Gasteiger partial charge is 0.146 e. The highest BCUT2D eigenvalue weighted by atomic mass is 32.2. The van der Waals surface area contributed by atoms with E-state index in [9.17, 15) is 9.90 Å². The summed E-state index contributed by atoms with van der Waals surface area (Å²) in [5, 5.41) is 9.24. The van der Waals surface area contributed by atoms with Gasteiger partial charge in [-0.05, 0) is 12.8 Å². The molecule has 1 aliphatic rings. The first-order chi connectivity index (χ1) is 5.13. The van der Waals surface area contributed by atoms with Gasteiger partial charge in [-0.25, -0.2) is 0 Å². The first-order valence-corrected chi connectivity index (χ1v) is 5.07. The van der Waals surface area contributed by atoms with E-state index in [-0.39, 0.29) is 17.9 Å². The molecule has 1 N–H and O–H groups in total. The molecule has 1 fully saturated rings. The molecule has 0 aromatic rings. The summed E-state index contributed by atoms with van der Waals surface area (Å²) in [5.41, 5.74) is 0. The Morgan fingerprint density at radius 1 is 1.64 bits per heavy atom. The van der Waals surface area contributed by atoms with E-state index < -0.39 is 0 Å². The van der Waals surface area contributed by atoms with Crippen LogP contribution in [-0.4, -0.2) is 28.5 Å². The van der Waals surface area contributed by atoms with E-state index >= 15 is 0 Å². The predicted molar refractivity (Wildman–Crippen MR) is 46.7 cm³/mol. The van der Waals surface area contributed by atoms with Crippen molar-refractivity contribution >= 4 is 17.5 Å². The average Bonchev–Trinajstić information content (AvgIpc) is 2.33. The number of rotatable bonds is 2. The second-order valence-electron chi connectivity index (χ2n) is 3.19. The van der Waals surface area contributed by atoms with Crippen molar-refractivity contribution in [1.29, 1.82) is 0 Å². The van der Waals surface area contributed by atoms with Crippen LogP contribution in [0.2, 0.25) is 0 Å². The number of hydrogen-bond acceptors (Lipinski definition) is 3. The SMILES string of the molecule is CC(O)C(C)C1CSCC1=O. The number of carbonyl (C=O) groups is 1. The van der Waals surface area contributed by atoms with Gasteiger partial charge in [-0.15, -0.1) is 0 Å². The Hall–Kier alpha value is -0.0200. The second kappa shape index (κ2) is 3.59. The molecule has 0 aromatic heterocycles. The van der Waals surface area contributed by atoms with Crippen molar-refractivity contribution < 1.29 is 9.90 Å². The molecule has 11 heavy (non-hydrogen) atoms. The van der Waals surface area contributed by atoms with Crippen molar-refractivity contribution in [2.75, 3.05) is 11.5 Å². The van der Waals surface area contributed by atoms with Crippen LogP contribution < -0.4 is 0 Å². The summed E-state index contributed by atoms with van der Waals surface area (Å²) in [6.07, 6.45) is -0.359. The molecule has 2 nitrogen and oxygen atoms in total. The maximum Gasteiger partial charge on any atom is 0.146 e. The summed E-state index contributed by atoms with van der Waals surface area (Å²) in [6.45, 7) is 3.69. The summed E-state index contributed by atoms with van der Waals surface area (Å²) < 4.78 is 0. The number of thioether (sulfide) groups is 1. The van der Waals surface area contributed by atoms with Crippen LogP contribution in [0, 0.1) is 11.8 Å². The molecule has 3 heteroatoms. The van der Waals surface area contributed by atoms with Crippen LogP contribution in [0.25, 0.3) is 0 Å². The van der Waals surface area contributed by atoms with Gasteiger partial charge in [-0.3, -0.25) is 4.79 Å². The highest BCUT2D eigenvalue weighted by Gasteiger charge is 2.31. The molecule has 0 amide bonds. The first kappa shape index (κ1) is 9.07. The third kappa shape index (κ3) is 1.97. The second-order valence-corrected chi connectivity index (χ2v) is 4.22. The van der Waals surface area contributed by atoms with Crippen molar-refractivity contribution in [3.63, 3.8) is 0 Å². The van der Waals surface area contributed by atoms with Crippen LogP contribution in [0.4, 0.5) is 0 Å². The molecule has 3 unspecified atom stereocenters. The van der Waals surface area contributed by atoms with Crippen molar-refractivity contribution in [3.05, 3.63) is 0 Å². The number of ketones is 1. The van der Waals surface area contributed by atoms with Crippen LogP contribution in [0.1, 0.15) is 13.8 Å². The minimum atomic E-state index is -0.359. The van der Waals surface area contributed by atoms with Crippen molar-refractivity contribution in [2.45, 2.75) is 20.0 Å². The molecule has 1 aliphatic heterocycles. The Morgan fingerprint density at radius 2 is 2.27 bits per heavy atom. The zero-order chi connectivity index (χ0) is 8.43. The van der Waals surface area contributed by atoms with Gasteiger partial charge in [0, 0.05) is 11.7 Å². The van der Waals surface area contributed by atoms with E-state index in [2.05, 4.69) is 0 Å². The zero-order valence-electron chi connectivity index (χ0n) is 6.91. The number of hydrogen-bond donors (Lipinski definition) is 1. The normalized spacial score (nSPS) is 30.5. The summed E-state index contributed by atoms with van der Waals surface area (Å²) >= 11 is 1.68. The maximum absolute atomic E-state index is 11.2. The van der Waals surface area contributed by atoms with Gasteiger partial charge in [0.15, 0.2) is 0 Å². The molecule has 1 saturated heterocycles. The van der Waals surface area contributed by atoms with Crippen molar-refractivity contribution in [2.24, 2.45) is 11.8 Å². The lowest BCUT2D eigenvalue weighted by Gasteiger charge is -2.19. The van der Waals surface area contributed by atoms with Crippen LogP contribution in [0.5, 0.6) is 0 Å². The number of Topliss-reactive ketones (excluding diaryl/α,β-unsaturated/α-hetero) is 1. The molecular weight excluding hydrogens is 160 g/mol. The van der Waals surface area contributed by atoms with Crippen molar-refractivity contribution in [1.82, 2.24) is 0 Å². The average molecular weight is 174 g/mol. The summed E-state index contributed by atoms with van der Waals surface area (Å²) in [5.74, 6) is 2.06. The standard InChI is InChI=1S/C8H14O2S/c1-5(6(2)9)7-3-11-4-8(7)10/h5-7,9H,3-4H2,1-2H3. The fraction of sp³-hybridized carbons (Fsp3) is 0.875. The van der Waals surface area contributed by atoms with Gasteiger partial charge in [0.1, 0.15) is 5.78 Å². The van der Waals surface area contributed by atoms with E-state index in [4.69, 9.17) is 0 Å². The fourth-order valence-electron chi connectivity index (χ4n) is 1.27. The molecule has 0 aliphatic carbocycles. The predicted octanol–water partition coefficient (Wildman–Crippen LogP) is 0.935. The molecule has 1 heterocycles. The molecule has 0 radical (unpaired) electrons. The third-order valence-corrected chi connectivity index (χ3v) is 3.43. The Labute approximate surface area is 71.4 Å². The fourth-order valence-corrected chi connectivity index (χ4v) is 2.54. The molecule has 0 saturated carbocycles. The van der Waals surface area contributed by atoms with Gasteiger partial charge >= 0.3 is 0 Å². The van der Waals surface area contributed by atoms with Crippen LogP contribution in [0.15, 0.2) is 0 Å². The number of aliphatic hydroxyl groups is 1. The zero-order valence-corrected chi connectivity index (χ0v) is 7.73. The Balaban J connectivity index is 2.52. The van der Waals surface area contributed by atoms with E-state index in [1.807, 2.05) is 6.92 Å². The lowest BCUT2D eigenvalue weighted by molar-refractivity contribution is -0.121. The van der Waals surface area contributed by atoms with Crippen LogP contribution in [0.3, 0.4) is 0 Å². The minimum absolute atomic E-state index is 0.0972. The number of carbonyl (C=O) groups excluding carboxylic acids is 1. The monoisotopic (exact) mass is 174 g/mol. The maximum atomic E-state index is 11.2. The highest BCUT2D eigenvalue weighted by Crippen LogP contribution is 2.28. The van der Waals surface area contributed by atoms with Gasteiger partial charge in [0.2, 0.25) is 0 Å². The lowest BCUT2D eigenvalue weighted by atomic mass is 9.89. The first-order valence-electron chi connectivity index (χ1n) is 3.91. The largest absolute Gasteiger partial charge is 0.393 e. The van der Waals surface area contributed by atoms with Crippen LogP contribution in [-0.2, 0) is 4.79 Å². The third-order valence-electron chi connectivity index (χ3n) is 2.35. The highest BCUT2D eigenvalue weighted by molar-refractivity contribution is 8.00. The molecule has 3 atom stereocenters.